The second-order valence-electron chi connectivity index (χ2n) is 4.47. The number of hydrogen-bond acceptors (Lipinski definition) is 5. The first-order chi connectivity index (χ1) is 9.67. The predicted octanol–water partition coefficient (Wildman–Crippen LogP) is 2.25. The maximum Gasteiger partial charge on any atom is 0.185 e. The summed E-state index contributed by atoms with van der Waals surface area (Å²) >= 11 is 0. The van der Waals surface area contributed by atoms with E-state index in [1.165, 1.54) is 0 Å². The highest BCUT2D eigenvalue weighted by Crippen LogP contribution is 2.74. The average molecular weight is 262 g/mol. The zero-order valence-corrected chi connectivity index (χ0v) is 10.8. The molecular weight excluding hydrogens is 252 g/mol. The van der Waals surface area contributed by atoms with Crippen LogP contribution < -0.4 is 4.74 Å². The third-order valence-electron chi connectivity index (χ3n) is 3.64. The normalized spacial score (nSPS) is 17.9. The van der Waals surface area contributed by atoms with Gasteiger partial charge in [-0.05, 0) is 13.0 Å². The molecule has 0 amide bonds. The highest BCUT2D eigenvalue weighted by molar-refractivity contribution is 5.61. The highest BCUT2D eigenvalue weighted by atomic mass is 16.5. The Hall–Kier alpha value is -3.02. The molecule has 1 fully saturated rings. The number of hydrogen-bond donors (Lipinski definition) is 0. The van der Waals surface area contributed by atoms with E-state index in [2.05, 4.69) is 0 Å². The van der Waals surface area contributed by atoms with Crippen LogP contribution in [-0.2, 0) is 0 Å². The Balaban J connectivity index is 2.62. The molecule has 5 heteroatoms. The van der Waals surface area contributed by atoms with E-state index in [-0.39, 0.29) is 0 Å². The Labute approximate surface area is 116 Å². The number of ether oxygens (including phenoxy) is 1. The monoisotopic (exact) mass is 262 g/mol. The van der Waals surface area contributed by atoms with Crippen LogP contribution in [-0.4, -0.2) is 6.61 Å². The smallest absolute Gasteiger partial charge is 0.185 e. The molecule has 1 aromatic carbocycles. The van der Waals surface area contributed by atoms with Gasteiger partial charge in [-0.25, -0.2) is 0 Å². The number of nitrogens with zero attached hydrogens (tertiary/aromatic N) is 4. The fraction of sp³-hybridized carbons (Fsp3) is 0.333. The summed E-state index contributed by atoms with van der Waals surface area (Å²) in [4.78, 5) is 0. The summed E-state index contributed by atoms with van der Waals surface area (Å²) in [6.45, 7) is 2.23. The van der Waals surface area contributed by atoms with Crippen LogP contribution in [0.3, 0.4) is 0 Å². The van der Waals surface area contributed by atoms with Gasteiger partial charge in [0.05, 0.1) is 36.8 Å². The third kappa shape index (κ3) is 1.38. The number of benzene rings is 1. The minimum absolute atomic E-state index is 0.419. The Kier molecular flexibility index (Phi) is 3.07. The first kappa shape index (κ1) is 13.4. The van der Waals surface area contributed by atoms with Crippen molar-refractivity contribution in [1.29, 1.82) is 21.0 Å². The Morgan fingerprint density at radius 1 is 1.00 bits per heavy atom. The van der Waals surface area contributed by atoms with Crippen molar-refractivity contribution in [2.24, 2.45) is 10.8 Å². The van der Waals surface area contributed by atoms with Gasteiger partial charge in [0.2, 0.25) is 0 Å². The molecule has 20 heavy (non-hydrogen) atoms. The van der Waals surface area contributed by atoms with Gasteiger partial charge in [0, 0.05) is 5.56 Å². The van der Waals surface area contributed by atoms with E-state index in [1.807, 2.05) is 31.2 Å². The van der Waals surface area contributed by atoms with Gasteiger partial charge >= 0.3 is 0 Å². The van der Waals surface area contributed by atoms with Gasteiger partial charge in [-0.3, -0.25) is 0 Å². The van der Waals surface area contributed by atoms with Gasteiger partial charge in [-0.15, -0.1) is 0 Å². The molecule has 0 saturated heterocycles. The first-order valence-electron chi connectivity index (χ1n) is 6.04. The predicted molar refractivity (Wildman–Crippen MR) is 67.7 cm³/mol. The molecule has 1 aliphatic carbocycles. The van der Waals surface area contributed by atoms with E-state index < -0.39 is 16.7 Å². The van der Waals surface area contributed by atoms with Crippen LogP contribution in [0.2, 0.25) is 0 Å². The number of para-hydroxylation sites is 1. The second-order valence-corrected chi connectivity index (χ2v) is 4.47. The maximum absolute atomic E-state index is 9.29. The first-order valence-corrected chi connectivity index (χ1v) is 6.04. The summed E-state index contributed by atoms with van der Waals surface area (Å²) in [5.41, 5.74) is -2.71. The Bertz CT molecular complexity index is 645. The van der Waals surface area contributed by atoms with Gasteiger partial charge in [0.25, 0.3) is 0 Å². The topological polar surface area (TPSA) is 104 Å². The van der Waals surface area contributed by atoms with Crippen LogP contribution in [0.25, 0.3) is 0 Å². The van der Waals surface area contributed by atoms with E-state index in [0.717, 1.165) is 0 Å². The van der Waals surface area contributed by atoms with Crippen LogP contribution in [0.5, 0.6) is 5.75 Å². The zero-order valence-electron chi connectivity index (χ0n) is 10.8. The molecule has 1 aliphatic rings. The maximum atomic E-state index is 9.29. The minimum Gasteiger partial charge on any atom is -0.494 e. The minimum atomic E-state index is -1.64. The molecule has 1 saturated carbocycles. The molecule has 0 unspecified atom stereocenters. The molecule has 96 valence electrons. The van der Waals surface area contributed by atoms with Crippen molar-refractivity contribution in [3.05, 3.63) is 29.8 Å². The SMILES string of the molecule is CCOc1ccccc1C1C(C#N)(C#N)C1(C#N)C#N. The molecule has 0 radical (unpaired) electrons. The van der Waals surface area contributed by atoms with Gasteiger partial charge in [0.1, 0.15) is 5.75 Å². The Morgan fingerprint density at radius 2 is 1.50 bits per heavy atom. The fourth-order valence-electron chi connectivity index (χ4n) is 2.61. The van der Waals surface area contributed by atoms with Crippen molar-refractivity contribution in [2.45, 2.75) is 12.8 Å². The lowest BCUT2D eigenvalue weighted by molar-refractivity contribution is 0.336. The molecular formula is C15H10N4O. The van der Waals surface area contributed by atoms with Crippen LogP contribution >= 0.6 is 0 Å². The highest BCUT2D eigenvalue weighted by Gasteiger charge is 2.82. The molecule has 2 rings (SSSR count). The lowest BCUT2D eigenvalue weighted by atomic mass is 9.98. The summed E-state index contributed by atoms with van der Waals surface area (Å²) in [6.07, 6.45) is 0. The molecule has 0 atom stereocenters. The average Bonchev–Trinajstić information content (AvgIpc) is 3.11. The second kappa shape index (κ2) is 4.58. The van der Waals surface area contributed by atoms with E-state index in [0.29, 0.717) is 17.9 Å². The molecule has 0 bridgehead atoms. The van der Waals surface area contributed by atoms with E-state index in [4.69, 9.17) is 4.74 Å². The van der Waals surface area contributed by atoms with Crippen LogP contribution in [0.1, 0.15) is 18.4 Å². The van der Waals surface area contributed by atoms with E-state index in [1.54, 1.807) is 24.3 Å². The van der Waals surface area contributed by atoms with E-state index in [9.17, 15) is 21.0 Å². The summed E-state index contributed by atoms with van der Waals surface area (Å²) in [6, 6.07) is 14.3. The Morgan fingerprint density at radius 3 is 1.95 bits per heavy atom. The molecule has 5 nitrogen and oxygen atoms in total. The van der Waals surface area contributed by atoms with Crippen molar-refractivity contribution in [2.75, 3.05) is 6.61 Å². The van der Waals surface area contributed by atoms with Gasteiger partial charge in [0.15, 0.2) is 10.8 Å². The van der Waals surface area contributed by atoms with Gasteiger partial charge in [-0.1, -0.05) is 18.2 Å². The quantitative estimate of drug-likeness (QED) is 0.830. The molecule has 0 heterocycles. The van der Waals surface area contributed by atoms with Crippen molar-refractivity contribution in [1.82, 2.24) is 0 Å². The van der Waals surface area contributed by atoms with Gasteiger partial charge in [-0.2, -0.15) is 21.0 Å². The summed E-state index contributed by atoms with van der Waals surface area (Å²) < 4.78 is 5.47. The summed E-state index contributed by atoms with van der Waals surface area (Å²) in [5.74, 6) is -0.273. The molecule has 0 aliphatic heterocycles. The third-order valence-corrected chi connectivity index (χ3v) is 3.64. The van der Waals surface area contributed by atoms with E-state index >= 15 is 0 Å². The molecule has 1 aromatic rings. The summed E-state index contributed by atoms with van der Waals surface area (Å²) in [7, 11) is 0. The lowest BCUT2D eigenvalue weighted by Crippen LogP contribution is -2.05. The van der Waals surface area contributed by atoms with Crippen LogP contribution in [0.4, 0.5) is 0 Å². The number of nitriles is 4. The lowest BCUT2D eigenvalue weighted by Gasteiger charge is -2.09. The molecule has 0 spiro atoms. The number of rotatable bonds is 3. The molecule has 0 N–H and O–H groups in total. The van der Waals surface area contributed by atoms with Crippen LogP contribution in [0, 0.1) is 56.2 Å². The molecule has 0 aromatic heterocycles. The fourth-order valence-corrected chi connectivity index (χ4v) is 2.61. The van der Waals surface area contributed by atoms with Crippen molar-refractivity contribution in [3.63, 3.8) is 0 Å². The van der Waals surface area contributed by atoms with Crippen LogP contribution in [0.15, 0.2) is 24.3 Å². The summed E-state index contributed by atoms with van der Waals surface area (Å²) in [5, 5.41) is 37.2. The van der Waals surface area contributed by atoms with Crippen molar-refractivity contribution >= 4 is 0 Å². The largest absolute Gasteiger partial charge is 0.494 e. The van der Waals surface area contributed by atoms with Crippen molar-refractivity contribution < 1.29 is 4.74 Å². The zero-order chi connectivity index (χ0) is 14.8. The van der Waals surface area contributed by atoms with Crippen molar-refractivity contribution in [3.8, 4) is 30.0 Å². The standard InChI is InChI=1S/C15H10N4O/c1-2-20-12-6-4-3-5-11(12)13-14(7-16,8-17)15(13,9-18)10-19/h3-6,13H,2H2,1H3. The van der Waals surface area contributed by atoms with Gasteiger partial charge < -0.3 is 4.74 Å².